The van der Waals surface area contributed by atoms with Crippen molar-refractivity contribution in [1.82, 2.24) is 0 Å². The van der Waals surface area contributed by atoms with E-state index in [0.717, 1.165) is 23.8 Å². The van der Waals surface area contributed by atoms with Crippen LogP contribution in [0.25, 0.3) is 11.0 Å². The van der Waals surface area contributed by atoms with Crippen molar-refractivity contribution in [2.24, 2.45) is 0 Å². The molecular formula is C16H18O4. The van der Waals surface area contributed by atoms with Crippen molar-refractivity contribution in [3.63, 3.8) is 0 Å². The molecule has 1 atom stereocenters. The van der Waals surface area contributed by atoms with Gasteiger partial charge in [0, 0.05) is 17.5 Å². The highest BCUT2D eigenvalue weighted by Crippen LogP contribution is 2.24. The van der Waals surface area contributed by atoms with Gasteiger partial charge < -0.3 is 9.15 Å². The van der Waals surface area contributed by atoms with E-state index in [-0.39, 0.29) is 11.4 Å². The molecule has 4 nitrogen and oxygen atoms in total. The molecule has 2 rings (SSSR count). The summed E-state index contributed by atoms with van der Waals surface area (Å²) in [7, 11) is 0. The van der Waals surface area contributed by atoms with E-state index in [1.807, 2.05) is 6.07 Å². The van der Waals surface area contributed by atoms with Gasteiger partial charge in [0.25, 0.3) is 0 Å². The lowest BCUT2D eigenvalue weighted by Crippen LogP contribution is -2.20. The highest BCUT2D eigenvalue weighted by molar-refractivity contribution is 5.82. The predicted molar refractivity (Wildman–Crippen MR) is 77.3 cm³/mol. The van der Waals surface area contributed by atoms with Gasteiger partial charge in [-0.2, -0.15) is 0 Å². The maximum atomic E-state index is 11.6. The maximum Gasteiger partial charge on any atom is 0.336 e. The Labute approximate surface area is 117 Å². The Morgan fingerprint density at radius 1 is 1.35 bits per heavy atom. The van der Waals surface area contributed by atoms with Crippen LogP contribution in [0.5, 0.6) is 5.75 Å². The minimum atomic E-state index is -0.516. The zero-order valence-corrected chi connectivity index (χ0v) is 11.9. The lowest BCUT2D eigenvalue weighted by atomic mass is 10.1. The summed E-state index contributed by atoms with van der Waals surface area (Å²) in [6.07, 6.45) is 1.27. The van der Waals surface area contributed by atoms with Crippen LogP contribution in [0.1, 0.15) is 32.8 Å². The molecule has 0 fully saturated rings. The van der Waals surface area contributed by atoms with Crippen LogP contribution < -0.4 is 10.4 Å². The minimum Gasteiger partial charge on any atom is -0.483 e. The third-order valence-corrected chi connectivity index (χ3v) is 3.21. The maximum absolute atomic E-state index is 11.6. The monoisotopic (exact) mass is 274 g/mol. The van der Waals surface area contributed by atoms with Crippen LogP contribution >= 0.6 is 0 Å². The summed E-state index contributed by atoms with van der Waals surface area (Å²) in [4.78, 5) is 22.8. The van der Waals surface area contributed by atoms with E-state index in [2.05, 4.69) is 6.92 Å². The number of Topliss-reactive ketones (excluding diaryl/α,β-unsaturated/α-hetero) is 1. The summed E-state index contributed by atoms with van der Waals surface area (Å²) in [5.41, 5.74) is 1.11. The Morgan fingerprint density at radius 2 is 2.10 bits per heavy atom. The van der Waals surface area contributed by atoms with E-state index in [1.54, 1.807) is 19.1 Å². The molecule has 0 spiro atoms. The average molecular weight is 274 g/mol. The number of ether oxygens (including phenoxy) is 1. The van der Waals surface area contributed by atoms with Crippen molar-refractivity contribution in [3.8, 4) is 5.75 Å². The highest BCUT2D eigenvalue weighted by atomic mass is 16.5. The molecule has 0 aliphatic carbocycles. The molecule has 0 saturated carbocycles. The number of rotatable bonds is 5. The molecule has 106 valence electrons. The van der Waals surface area contributed by atoms with E-state index >= 15 is 0 Å². The number of hydrogen-bond donors (Lipinski definition) is 0. The standard InChI is InChI=1S/C16H18O4/c1-4-5-12-8-16(18)20-15-9-13(6-7-14(12)15)19-11(3)10(2)17/h6-9,11H,4-5H2,1-3H3/t11-/m0/s1. The van der Waals surface area contributed by atoms with Crippen LogP contribution in [0.3, 0.4) is 0 Å². The van der Waals surface area contributed by atoms with Crippen LogP contribution in [0, 0.1) is 0 Å². The van der Waals surface area contributed by atoms with Crippen LogP contribution in [0.4, 0.5) is 0 Å². The molecule has 0 N–H and O–H groups in total. The Morgan fingerprint density at radius 3 is 2.75 bits per heavy atom. The molecule has 0 unspecified atom stereocenters. The molecule has 1 heterocycles. The van der Waals surface area contributed by atoms with Crippen LogP contribution in [-0.4, -0.2) is 11.9 Å². The van der Waals surface area contributed by atoms with Crippen molar-refractivity contribution < 1.29 is 13.9 Å². The molecule has 0 aliphatic heterocycles. The lowest BCUT2D eigenvalue weighted by Gasteiger charge is -2.12. The molecule has 1 aromatic heterocycles. The number of carbonyl (C=O) groups is 1. The largest absolute Gasteiger partial charge is 0.483 e. The SMILES string of the molecule is CCCc1cc(=O)oc2cc(O[C@@H](C)C(C)=O)ccc12. The second-order valence-electron chi connectivity index (χ2n) is 4.87. The van der Waals surface area contributed by atoms with Crippen molar-refractivity contribution >= 4 is 16.8 Å². The third kappa shape index (κ3) is 3.07. The van der Waals surface area contributed by atoms with Gasteiger partial charge in [0.1, 0.15) is 11.3 Å². The number of ketones is 1. The molecular weight excluding hydrogens is 256 g/mol. The average Bonchev–Trinajstić information content (AvgIpc) is 2.38. The normalized spacial score (nSPS) is 12.3. The van der Waals surface area contributed by atoms with Gasteiger partial charge >= 0.3 is 5.63 Å². The minimum absolute atomic E-state index is 0.0497. The van der Waals surface area contributed by atoms with Gasteiger partial charge in [-0.1, -0.05) is 13.3 Å². The Balaban J connectivity index is 2.44. The van der Waals surface area contributed by atoms with Crippen molar-refractivity contribution in [2.75, 3.05) is 0 Å². The summed E-state index contributed by atoms with van der Waals surface area (Å²) >= 11 is 0. The molecule has 20 heavy (non-hydrogen) atoms. The Hall–Kier alpha value is -2.10. The molecule has 0 aliphatic rings. The molecule has 0 saturated heterocycles. The molecule has 0 bridgehead atoms. The fourth-order valence-electron chi connectivity index (χ4n) is 2.05. The second kappa shape index (κ2) is 5.90. The zero-order valence-electron chi connectivity index (χ0n) is 11.9. The van der Waals surface area contributed by atoms with E-state index in [4.69, 9.17) is 9.15 Å². The van der Waals surface area contributed by atoms with Crippen molar-refractivity contribution in [1.29, 1.82) is 0 Å². The first-order chi connectivity index (χ1) is 9.51. The Kier molecular flexibility index (Phi) is 4.23. The smallest absolute Gasteiger partial charge is 0.336 e. The first-order valence-corrected chi connectivity index (χ1v) is 6.75. The van der Waals surface area contributed by atoms with Crippen molar-refractivity contribution in [2.45, 2.75) is 39.7 Å². The quantitative estimate of drug-likeness (QED) is 0.786. The third-order valence-electron chi connectivity index (χ3n) is 3.21. The molecule has 0 amide bonds. The van der Waals surface area contributed by atoms with E-state index in [1.165, 1.54) is 13.0 Å². The van der Waals surface area contributed by atoms with Gasteiger partial charge in [-0.3, -0.25) is 4.79 Å². The van der Waals surface area contributed by atoms with E-state index < -0.39 is 6.10 Å². The first-order valence-electron chi connectivity index (χ1n) is 6.75. The highest BCUT2D eigenvalue weighted by Gasteiger charge is 2.11. The summed E-state index contributed by atoms with van der Waals surface area (Å²) in [5, 5.41) is 0.911. The summed E-state index contributed by atoms with van der Waals surface area (Å²) in [6.45, 7) is 5.23. The van der Waals surface area contributed by atoms with Crippen molar-refractivity contribution in [3.05, 3.63) is 40.2 Å². The van der Waals surface area contributed by atoms with Crippen LogP contribution in [-0.2, 0) is 11.2 Å². The molecule has 1 aromatic carbocycles. The van der Waals surface area contributed by atoms with Gasteiger partial charge in [-0.25, -0.2) is 4.79 Å². The fraction of sp³-hybridized carbons (Fsp3) is 0.375. The van der Waals surface area contributed by atoms with Gasteiger partial charge in [0.15, 0.2) is 11.9 Å². The van der Waals surface area contributed by atoms with E-state index in [9.17, 15) is 9.59 Å². The van der Waals surface area contributed by atoms with Crippen LogP contribution in [0.2, 0.25) is 0 Å². The fourth-order valence-corrected chi connectivity index (χ4v) is 2.05. The van der Waals surface area contributed by atoms with Gasteiger partial charge in [0.05, 0.1) is 0 Å². The second-order valence-corrected chi connectivity index (χ2v) is 4.87. The molecule has 4 heteroatoms. The molecule has 2 aromatic rings. The number of hydrogen-bond acceptors (Lipinski definition) is 4. The summed E-state index contributed by atoms with van der Waals surface area (Å²) in [5.74, 6) is 0.475. The molecule has 0 radical (unpaired) electrons. The first kappa shape index (κ1) is 14.3. The van der Waals surface area contributed by atoms with E-state index in [0.29, 0.717) is 11.3 Å². The Bertz CT molecular complexity index is 684. The number of aryl methyl sites for hydroxylation is 1. The van der Waals surface area contributed by atoms with Crippen LogP contribution in [0.15, 0.2) is 33.5 Å². The number of benzene rings is 1. The number of fused-ring (bicyclic) bond motifs is 1. The zero-order chi connectivity index (χ0) is 14.7. The topological polar surface area (TPSA) is 56.5 Å². The number of carbonyl (C=O) groups excluding carboxylic acids is 1. The van der Waals surface area contributed by atoms with Gasteiger partial charge in [-0.15, -0.1) is 0 Å². The summed E-state index contributed by atoms with van der Waals surface area (Å²) < 4.78 is 10.7. The van der Waals surface area contributed by atoms with Gasteiger partial charge in [0.2, 0.25) is 0 Å². The van der Waals surface area contributed by atoms with Gasteiger partial charge in [-0.05, 0) is 38.0 Å². The lowest BCUT2D eigenvalue weighted by molar-refractivity contribution is -0.122. The summed E-state index contributed by atoms with van der Waals surface area (Å²) in [6, 6.07) is 6.85. The predicted octanol–water partition coefficient (Wildman–Crippen LogP) is 3.10.